The first-order chi connectivity index (χ1) is 21.0. The number of anilines is 2. The average molecular weight is 576 g/mol. The fourth-order valence-electron chi connectivity index (χ4n) is 4.93. The number of hydroxylamine groups is 2. The van der Waals surface area contributed by atoms with Crippen molar-refractivity contribution in [3.63, 3.8) is 0 Å². The van der Waals surface area contributed by atoms with Gasteiger partial charge in [-0.25, -0.2) is 25.0 Å². The predicted molar refractivity (Wildman–Crippen MR) is 163 cm³/mol. The van der Waals surface area contributed by atoms with Crippen LogP contribution in [0.5, 0.6) is 0 Å². The van der Waals surface area contributed by atoms with Crippen LogP contribution in [0.3, 0.4) is 0 Å². The molecule has 0 spiro atoms. The molecule has 0 saturated heterocycles. The third-order valence-corrected chi connectivity index (χ3v) is 7.05. The Morgan fingerprint density at radius 3 is 2.58 bits per heavy atom. The molecular weight excluding hydrogens is 546 g/mol. The van der Waals surface area contributed by atoms with Crippen LogP contribution >= 0.6 is 0 Å². The van der Waals surface area contributed by atoms with Gasteiger partial charge in [0.1, 0.15) is 17.7 Å². The minimum atomic E-state index is -0.489. The number of nitrogens with zero attached hydrogens (tertiary/aromatic N) is 6. The second-order valence-electron chi connectivity index (χ2n) is 9.94. The Morgan fingerprint density at radius 2 is 1.79 bits per heavy atom. The Hall–Kier alpha value is -5.62. The lowest BCUT2D eigenvalue weighted by molar-refractivity contribution is -0.0374. The van der Waals surface area contributed by atoms with E-state index >= 15 is 0 Å². The lowest BCUT2D eigenvalue weighted by Gasteiger charge is -2.16. The number of benzene rings is 3. The minimum absolute atomic E-state index is 0.164. The van der Waals surface area contributed by atoms with Crippen molar-refractivity contribution < 1.29 is 10.0 Å². The first-order valence-electron chi connectivity index (χ1n) is 13.8. The highest BCUT2D eigenvalue weighted by atomic mass is 16.5. The van der Waals surface area contributed by atoms with E-state index in [2.05, 4.69) is 30.6 Å². The number of amides is 1. The maximum Gasteiger partial charge on any atom is 0.276 e. The van der Waals surface area contributed by atoms with Crippen LogP contribution in [0.15, 0.2) is 90.2 Å². The van der Waals surface area contributed by atoms with Crippen molar-refractivity contribution in [3.8, 4) is 5.69 Å². The molecule has 0 radical (unpaired) electrons. The van der Waals surface area contributed by atoms with Gasteiger partial charge in [-0.3, -0.25) is 19.4 Å². The van der Waals surface area contributed by atoms with Gasteiger partial charge in [-0.1, -0.05) is 36.4 Å². The van der Waals surface area contributed by atoms with Gasteiger partial charge in [0.15, 0.2) is 11.5 Å². The second kappa shape index (κ2) is 12.1. The average Bonchev–Trinajstić information content (AvgIpc) is 3.52. The summed E-state index contributed by atoms with van der Waals surface area (Å²) in [6.45, 7) is 1.02. The number of para-hydroxylation sites is 1. The van der Waals surface area contributed by atoms with Crippen LogP contribution in [0.25, 0.3) is 27.8 Å². The Bertz CT molecular complexity index is 1950. The Balaban J connectivity index is 1.26. The summed E-state index contributed by atoms with van der Waals surface area (Å²) in [5, 5.41) is 17.1. The molecule has 3 aromatic carbocycles. The summed E-state index contributed by atoms with van der Waals surface area (Å²) < 4.78 is 1.68. The molecule has 0 unspecified atom stereocenters. The smallest absolute Gasteiger partial charge is 0.276 e. The summed E-state index contributed by atoms with van der Waals surface area (Å²) in [5.74, 6) is 0.817. The molecule has 0 fully saturated rings. The van der Waals surface area contributed by atoms with Crippen LogP contribution in [-0.4, -0.2) is 59.3 Å². The van der Waals surface area contributed by atoms with Gasteiger partial charge in [0.25, 0.3) is 11.5 Å². The molecule has 0 atom stereocenters. The number of carbonyl (C=O) groups excluding carboxylic acids is 1. The van der Waals surface area contributed by atoms with Crippen LogP contribution < -0.4 is 16.2 Å². The topological polar surface area (TPSA) is 154 Å². The van der Waals surface area contributed by atoms with Gasteiger partial charge in [0, 0.05) is 37.8 Å². The number of aromatic amines is 1. The number of fused-ring (bicyclic) bond motifs is 2. The summed E-state index contributed by atoms with van der Waals surface area (Å²) in [5.41, 5.74) is 4.47. The third kappa shape index (κ3) is 5.76. The molecule has 3 heterocycles. The van der Waals surface area contributed by atoms with Gasteiger partial charge >= 0.3 is 0 Å². The summed E-state index contributed by atoms with van der Waals surface area (Å²) in [7, 11) is 1.29. The molecule has 216 valence electrons. The van der Waals surface area contributed by atoms with E-state index in [1.807, 2.05) is 48.5 Å². The van der Waals surface area contributed by atoms with E-state index in [1.165, 1.54) is 13.4 Å². The number of hydrogen-bond acceptors (Lipinski definition) is 9. The predicted octanol–water partition coefficient (Wildman–Crippen LogP) is 4.17. The summed E-state index contributed by atoms with van der Waals surface area (Å²) in [6.07, 6.45) is 4.32. The van der Waals surface area contributed by atoms with Gasteiger partial charge in [0.05, 0.1) is 22.9 Å². The zero-order valence-electron chi connectivity index (χ0n) is 23.4. The highest BCUT2D eigenvalue weighted by Crippen LogP contribution is 2.22. The fourth-order valence-corrected chi connectivity index (χ4v) is 4.93. The summed E-state index contributed by atoms with van der Waals surface area (Å²) in [6, 6.07) is 22.0. The molecule has 0 bridgehead atoms. The van der Waals surface area contributed by atoms with E-state index in [0.29, 0.717) is 76.0 Å². The van der Waals surface area contributed by atoms with Crippen molar-refractivity contribution in [1.29, 1.82) is 0 Å². The van der Waals surface area contributed by atoms with E-state index < -0.39 is 5.91 Å². The van der Waals surface area contributed by atoms with Crippen LogP contribution in [0.1, 0.15) is 28.2 Å². The Labute approximate surface area is 246 Å². The molecule has 43 heavy (non-hydrogen) atoms. The molecule has 12 heteroatoms. The normalized spacial score (nSPS) is 11.1. The molecule has 0 aliphatic rings. The van der Waals surface area contributed by atoms with Crippen LogP contribution in [0.2, 0.25) is 0 Å². The molecule has 6 aromatic rings. The summed E-state index contributed by atoms with van der Waals surface area (Å²) in [4.78, 5) is 46.8. The Kier molecular flexibility index (Phi) is 7.74. The fraction of sp³-hybridized carbons (Fsp3) is 0.161. The molecule has 0 aliphatic heterocycles. The van der Waals surface area contributed by atoms with E-state index in [1.54, 1.807) is 35.2 Å². The van der Waals surface area contributed by atoms with Gasteiger partial charge in [-0.2, -0.15) is 0 Å². The molecule has 0 aliphatic carbocycles. The van der Waals surface area contributed by atoms with Crippen molar-refractivity contribution in [2.75, 3.05) is 24.2 Å². The van der Waals surface area contributed by atoms with E-state index in [9.17, 15) is 14.8 Å². The second-order valence-corrected chi connectivity index (χ2v) is 9.94. The van der Waals surface area contributed by atoms with E-state index in [-0.39, 0.29) is 5.56 Å². The Morgan fingerprint density at radius 1 is 0.977 bits per heavy atom. The van der Waals surface area contributed by atoms with Crippen LogP contribution in [0.4, 0.5) is 11.5 Å². The highest BCUT2D eigenvalue weighted by molar-refractivity contribution is 5.93. The van der Waals surface area contributed by atoms with Gasteiger partial charge in [0.2, 0.25) is 0 Å². The number of nitrogens with one attached hydrogen (secondary N) is 3. The van der Waals surface area contributed by atoms with E-state index in [4.69, 9.17) is 4.98 Å². The van der Waals surface area contributed by atoms with Gasteiger partial charge in [-0.05, 0) is 48.4 Å². The SMILES string of the molecule is CN(O)C(=O)c1ccc(CNc2cccc3nc(CCCNc4ncnc5[nH]cnc45)n(-c4ccccc4)c(=O)c23)cc1. The maximum atomic E-state index is 14.1. The minimum Gasteiger partial charge on any atom is -0.380 e. The molecule has 12 nitrogen and oxygen atoms in total. The highest BCUT2D eigenvalue weighted by Gasteiger charge is 2.16. The van der Waals surface area contributed by atoms with Crippen molar-refractivity contribution in [1.82, 2.24) is 34.6 Å². The standard InChI is InChI=1S/C31H29N9O3/c1-39(43)30(41)21-14-12-20(13-15-21)17-33-23-9-5-10-24-26(23)31(42)40(22-7-3-2-4-8-22)25(38-24)11-6-16-32-28-27-29(35-18-34-27)37-19-36-28/h2-5,7-10,12-15,18-19,33,43H,6,11,16-17H2,1H3,(H2,32,34,35,36,37). The molecule has 0 saturated carbocycles. The van der Waals surface area contributed by atoms with Crippen molar-refractivity contribution in [2.45, 2.75) is 19.4 Å². The molecule has 3 aromatic heterocycles. The largest absolute Gasteiger partial charge is 0.380 e. The number of H-pyrrole nitrogens is 1. The number of aromatic nitrogens is 6. The van der Waals surface area contributed by atoms with Gasteiger partial charge in [-0.15, -0.1) is 0 Å². The quantitative estimate of drug-likeness (QED) is 0.107. The number of carbonyl (C=O) groups is 1. The zero-order valence-corrected chi connectivity index (χ0v) is 23.4. The van der Waals surface area contributed by atoms with Crippen molar-refractivity contribution in [3.05, 3.63) is 113 Å². The van der Waals surface area contributed by atoms with Crippen molar-refractivity contribution >= 4 is 39.5 Å². The van der Waals surface area contributed by atoms with Crippen LogP contribution in [0, 0.1) is 0 Å². The maximum absolute atomic E-state index is 14.1. The van der Waals surface area contributed by atoms with E-state index in [0.717, 1.165) is 11.3 Å². The van der Waals surface area contributed by atoms with Gasteiger partial charge < -0.3 is 15.6 Å². The number of aryl methyl sites for hydroxylation is 1. The first-order valence-corrected chi connectivity index (χ1v) is 13.8. The number of hydrogen-bond donors (Lipinski definition) is 4. The number of imidazole rings is 1. The van der Waals surface area contributed by atoms with Crippen molar-refractivity contribution in [2.24, 2.45) is 0 Å². The molecular formula is C31H29N9O3. The monoisotopic (exact) mass is 575 g/mol. The first kappa shape index (κ1) is 27.5. The zero-order chi connectivity index (χ0) is 29.8. The molecule has 4 N–H and O–H groups in total. The lowest BCUT2D eigenvalue weighted by atomic mass is 10.1. The summed E-state index contributed by atoms with van der Waals surface area (Å²) >= 11 is 0. The van der Waals surface area contributed by atoms with Crippen LogP contribution in [-0.2, 0) is 13.0 Å². The third-order valence-electron chi connectivity index (χ3n) is 7.05. The molecule has 6 rings (SSSR count). The molecule has 1 amide bonds. The number of rotatable bonds is 10. The lowest BCUT2D eigenvalue weighted by Crippen LogP contribution is -2.25.